The van der Waals surface area contributed by atoms with Crippen LogP contribution in [-0.4, -0.2) is 10.9 Å². The second kappa shape index (κ2) is 7.45. The largest absolute Gasteiger partial charge is 0.441 e. The highest BCUT2D eigenvalue weighted by Crippen LogP contribution is 2.23. The number of aromatic nitrogens is 1. The molecule has 0 atom stereocenters. The van der Waals surface area contributed by atoms with E-state index in [1.807, 2.05) is 0 Å². The third-order valence-electron chi connectivity index (χ3n) is 3.57. The standard InChI is InChI=1S/C20H15FN2O2/c1-2-14-6-5-7-15(12-14)23-19(24)10-11-20-22-13-18(25-20)16-8-3-4-9-17(16)21/h1,3-9,12-13H,10-11H2,(H,23,24). The van der Waals surface area contributed by atoms with Crippen molar-refractivity contribution < 1.29 is 13.6 Å². The Hall–Kier alpha value is -3.39. The lowest BCUT2D eigenvalue weighted by atomic mass is 10.2. The first-order valence-corrected chi connectivity index (χ1v) is 7.72. The van der Waals surface area contributed by atoms with Crippen LogP contribution in [0.2, 0.25) is 0 Å². The minimum Gasteiger partial charge on any atom is -0.441 e. The van der Waals surface area contributed by atoms with Crippen molar-refractivity contribution in [1.29, 1.82) is 0 Å². The summed E-state index contributed by atoms with van der Waals surface area (Å²) in [7, 11) is 0. The van der Waals surface area contributed by atoms with Gasteiger partial charge in [0.25, 0.3) is 0 Å². The zero-order valence-electron chi connectivity index (χ0n) is 13.3. The SMILES string of the molecule is C#Cc1cccc(NC(=O)CCc2ncc(-c3ccccc3F)o2)c1. The molecule has 5 heteroatoms. The molecule has 0 aliphatic carbocycles. The van der Waals surface area contributed by atoms with Gasteiger partial charge >= 0.3 is 0 Å². The Morgan fingerprint density at radius 2 is 2.08 bits per heavy atom. The molecule has 3 aromatic rings. The number of benzene rings is 2. The summed E-state index contributed by atoms with van der Waals surface area (Å²) in [5.41, 5.74) is 1.68. The van der Waals surface area contributed by atoms with Gasteiger partial charge in [0.05, 0.1) is 11.8 Å². The molecule has 2 aromatic carbocycles. The lowest BCUT2D eigenvalue weighted by molar-refractivity contribution is -0.116. The zero-order chi connectivity index (χ0) is 17.6. The van der Waals surface area contributed by atoms with Crippen LogP contribution in [-0.2, 0) is 11.2 Å². The van der Waals surface area contributed by atoms with E-state index in [-0.39, 0.29) is 18.1 Å². The number of aryl methyl sites for hydroxylation is 1. The molecule has 0 unspecified atom stereocenters. The van der Waals surface area contributed by atoms with Crippen molar-refractivity contribution in [3.05, 3.63) is 72.0 Å². The number of nitrogens with one attached hydrogen (secondary N) is 1. The average Bonchev–Trinajstić information content (AvgIpc) is 3.09. The molecular weight excluding hydrogens is 319 g/mol. The van der Waals surface area contributed by atoms with Gasteiger partial charge in [0.2, 0.25) is 5.91 Å². The van der Waals surface area contributed by atoms with E-state index < -0.39 is 0 Å². The van der Waals surface area contributed by atoms with E-state index in [2.05, 4.69) is 16.2 Å². The van der Waals surface area contributed by atoms with E-state index in [1.165, 1.54) is 12.3 Å². The topological polar surface area (TPSA) is 55.1 Å². The average molecular weight is 334 g/mol. The van der Waals surface area contributed by atoms with Crippen molar-refractivity contribution in [2.24, 2.45) is 0 Å². The summed E-state index contributed by atoms with van der Waals surface area (Å²) in [4.78, 5) is 16.1. The fraction of sp³-hybridized carbons (Fsp3) is 0.100. The van der Waals surface area contributed by atoms with Gasteiger partial charge in [-0.1, -0.05) is 24.1 Å². The number of rotatable bonds is 5. The first kappa shape index (κ1) is 16.5. The zero-order valence-corrected chi connectivity index (χ0v) is 13.3. The van der Waals surface area contributed by atoms with Gasteiger partial charge < -0.3 is 9.73 Å². The molecule has 0 aliphatic rings. The van der Waals surface area contributed by atoms with Crippen LogP contribution in [0.3, 0.4) is 0 Å². The predicted octanol–water partition coefficient (Wildman–Crippen LogP) is 4.03. The van der Waals surface area contributed by atoms with Crippen LogP contribution in [0, 0.1) is 18.2 Å². The number of hydrogen-bond acceptors (Lipinski definition) is 3. The summed E-state index contributed by atoms with van der Waals surface area (Å²) in [5, 5.41) is 2.77. The van der Waals surface area contributed by atoms with Crippen molar-refractivity contribution in [3.63, 3.8) is 0 Å². The summed E-state index contributed by atoms with van der Waals surface area (Å²) in [6, 6.07) is 13.3. The van der Waals surface area contributed by atoms with Crippen LogP contribution in [0.1, 0.15) is 17.9 Å². The Labute approximate surface area is 144 Å². The molecule has 1 aromatic heterocycles. The molecule has 1 N–H and O–H groups in total. The second-order valence-corrected chi connectivity index (χ2v) is 5.37. The molecule has 0 aliphatic heterocycles. The van der Waals surface area contributed by atoms with Crippen LogP contribution in [0.25, 0.3) is 11.3 Å². The highest BCUT2D eigenvalue weighted by molar-refractivity contribution is 5.90. The van der Waals surface area contributed by atoms with Gasteiger partial charge in [-0.05, 0) is 30.3 Å². The molecule has 0 fully saturated rings. The third-order valence-corrected chi connectivity index (χ3v) is 3.57. The van der Waals surface area contributed by atoms with E-state index in [4.69, 9.17) is 10.8 Å². The van der Waals surface area contributed by atoms with Gasteiger partial charge in [-0.3, -0.25) is 4.79 Å². The van der Waals surface area contributed by atoms with Gasteiger partial charge in [-0.15, -0.1) is 6.42 Å². The summed E-state index contributed by atoms with van der Waals surface area (Å²) in [6.45, 7) is 0. The van der Waals surface area contributed by atoms with E-state index in [1.54, 1.807) is 42.5 Å². The van der Waals surface area contributed by atoms with Gasteiger partial charge in [0, 0.05) is 24.1 Å². The number of carbonyl (C=O) groups excluding carboxylic acids is 1. The molecule has 0 spiro atoms. The molecule has 0 saturated carbocycles. The summed E-state index contributed by atoms with van der Waals surface area (Å²) < 4.78 is 19.3. The maximum absolute atomic E-state index is 13.7. The molecule has 124 valence electrons. The number of carbonyl (C=O) groups is 1. The molecule has 1 heterocycles. The van der Waals surface area contributed by atoms with E-state index in [9.17, 15) is 9.18 Å². The quantitative estimate of drug-likeness (QED) is 0.717. The predicted molar refractivity (Wildman–Crippen MR) is 93.2 cm³/mol. The van der Waals surface area contributed by atoms with E-state index in [0.29, 0.717) is 34.9 Å². The summed E-state index contributed by atoms with van der Waals surface area (Å²) in [5.74, 6) is 2.68. The van der Waals surface area contributed by atoms with Crippen LogP contribution in [0.15, 0.2) is 59.1 Å². The Kier molecular flexibility index (Phi) is 4.91. The molecule has 25 heavy (non-hydrogen) atoms. The number of amides is 1. The van der Waals surface area contributed by atoms with Crippen LogP contribution < -0.4 is 5.32 Å². The van der Waals surface area contributed by atoms with Crippen LogP contribution in [0.4, 0.5) is 10.1 Å². The molecule has 1 amide bonds. The summed E-state index contributed by atoms with van der Waals surface area (Å²) in [6.07, 6.45) is 7.30. The normalized spacial score (nSPS) is 10.2. The highest BCUT2D eigenvalue weighted by Gasteiger charge is 2.12. The minimum absolute atomic E-state index is 0.181. The fourth-order valence-electron chi connectivity index (χ4n) is 2.34. The number of halogens is 1. The molecule has 3 rings (SSSR count). The maximum atomic E-state index is 13.7. The van der Waals surface area contributed by atoms with E-state index >= 15 is 0 Å². The molecule has 4 nitrogen and oxygen atoms in total. The Morgan fingerprint density at radius 3 is 2.88 bits per heavy atom. The third kappa shape index (κ3) is 4.12. The van der Waals surface area contributed by atoms with E-state index in [0.717, 1.165) is 0 Å². The lowest BCUT2D eigenvalue weighted by Gasteiger charge is -2.04. The van der Waals surface area contributed by atoms with Crippen LogP contribution >= 0.6 is 0 Å². The van der Waals surface area contributed by atoms with Crippen molar-refractivity contribution in [3.8, 4) is 23.7 Å². The van der Waals surface area contributed by atoms with Gasteiger partial charge in [0.1, 0.15) is 5.82 Å². The molecule has 0 radical (unpaired) electrons. The minimum atomic E-state index is -0.378. The Bertz CT molecular complexity index is 941. The number of terminal acetylenes is 1. The first-order valence-electron chi connectivity index (χ1n) is 7.72. The number of anilines is 1. The molecular formula is C20H15FN2O2. The Balaban J connectivity index is 1.60. The lowest BCUT2D eigenvalue weighted by Crippen LogP contribution is -2.12. The van der Waals surface area contributed by atoms with Crippen molar-refractivity contribution in [2.75, 3.05) is 5.32 Å². The summed E-state index contributed by atoms with van der Waals surface area (Å²) >= 11 is 0. The van der Waals surface area contributed by atoms with Gasteiger partial charge in [-0.2, -0.15) is 0 Å². The molecule has 0 bridgehead atoms. The number of nitrogens with zero attached hydrogens (tertiary/aromatic N) is 1. The fourth-order valence-corrected chi connectivity index (χ4v) is 2.34. The number of oxazole rings is 1. The van der Waals surface area contributed by atoms with Gasteiger partial charge in [-0.25, -0.2) is 9.37 Å². The number of hydrogen-bond donors (Lipinski definition) is 1. The monoisotopic (exact) mass is 334 g/mol. The van der Waals surface area contributed by atoms with Gasteiger partial charge in [0.15, 0.2) is 11.7 Å². The smallest absolute Gasteiger partial charge is 0.224 e. The maximum Gasteiger partial charge on any atom is 0.224 e. The van der Waals surface area contributed by atoms with Crippen LogP contribution in [0.5, 0.6) is 0 Å². The van der Waals surface area contributed by atoms with Crippen molar-refractivity contribution in [2.45, 2.75) is 12.8 Å². The highest BCUT2D eigenvalue weighted by atomic mass is 19.1. The molecule has 0 saturated heterocycles. The van der Waals surface area contributed by atoms with Crippen molar-refractivity contribution in [1.82, 2.24) is 4.98 Å². The first-order chi connectivity index (χ1) is 12.2. The second-order valence-electron chi connectivity index (χ2n) is 5.37. The van der Waals surface area contributed by atoms with Crippen molar-refractivity contribution >= 4 is 11.6 Å². The Morgan fingerprint density at radius 1 is 1.24 bits per heavy atom.